The second-order valence-electron chi connectivity index (χ2n) is 8.63. The van der Waals surface area contributed by atoms with Crippen molar-refractivity contribution in [3.8, 4) is 11.5 Å². The molecule has 0 amide bonds. The van der Waals surface area contributed by atoms with Crippen molar-refractivity contribution in [2.24, 2.45) is 0 Å². The van der Waals surface area contributed by atoms with E-state index in [0.29, 0.717) is 11.1 Å². The summed E-state index contributed by atoms with van der Waals surface area (Å²) in [7, 11) is 0. The third-order valence-electron chi connectivity index (χ3n) is 4.48. The minimum Gasteiger partial charge on any atom is -0.507 e. The van der Waals surface area contributed by atoms with Crippen LogP contribution in [0.4, 0.5) is 0 Å². The molecule has 2 aromatic rings. The van der Waals surface area contributed by atoms with Crippen LogP contribution in [0.25, 0.3) is 0 Å². The van der Waals surface area contributed by atoms with Gasteiger partial charge in [0.05, 0.1) is 11.1 Å². The molecule has 4 N–H and O–H groups in total. The molecule has 4 rings (SSSR count). The fourth-order valence-electron chi connectivity index (χ4n) is 3.07. The van der Waals surface area contributed by atoms with Crippen LogP contribution in [-0.2, 0) is 21.7 Å². The Balaban J connectivity index is 0.000000535. The topological polar surface area (TPSA) is 149 Å². The normalized spacial score (nSPS) is 13.4. The van der Waals surface area contributed by atoms with Crippen molar-refractivity contribution in [1.82, 2.24) is 0 Å². The number of carbonyl (C=O) groups is 4. The molecule has 0 fully saturated rings. The van der Waals surface area contributed by atoms with Gasteiger partial charge in [0.25, 0.3) is 0 Å². The number of aliphatic hydroxyl groups is 2. The van der Waals surface area contributed by atoms with Gasteiger partial charge in [-0.15, -0.1) is 0 Å². The molecule has 0 saturated carbocycles. The zero-order valence-corrected chi connectivity index (χ0v) is 23.3. The maximum absolute atomic E-state index is 11.6. The summed E-state index contributed by atoms with van der Waals surface area (Å²) in [6, 6.07) is 9.00. The Hall–Kier alpha value is -3.17. The summed E-state index contributed by atoms with van der Waals surface area (Å²) in [6.45, 7) is 10.1. The Morgan fingerprint density at radius 1 is 0.595 bits per heavy atom. The van der Waals surface area contributed by atoms with Crippen LogP contribution in [0.2, 0.25) is 0 Å². The van der Waals surface area contributed by atoms with Crippen LogP contribution in [-0.4, -0.2) is 55.8 Å². The van der Waals surface area contributed by atoms with Crippen molar-refractivity contribution in [3.63, 3.8) is 0 Å². The number of phenols is 2. The monoisotopic (exact) mass is 544 g/mol. The van der Waals surface area contributed by atoms with Crippen LogP contribution >= 0.6 is 0 Å². The quantitative estimate of drug-likeness (QED) is 0.361. The molecule has 8 nitrogen and oxygen atoms in total. The van der Waals surface area contributed by atoms with E-state index >= 15 is 0 Å². The molecule has 2 aliphatic carbocycles. The number of phenolic OH excluding ortho intramolecular Hbond substituents is 2. The largest absolute Gasteiger partial charge is 0.507 e. The van der Waals surface area contributed by atoms with E-state index in [1.807, 2.05) is 0 Å². The number of ketones is 4. The Morgan fingerprint density at radius 3 is 1.14 bits per heavy atom. The van der Waals surface area contributed by atoms with Crippen molar-refractivity contribution in [3.05, 3.63) is 82.0 Å². The van der Waals surface area contributed by atoms with E-state index in [0.717, 1.165) is 0 Å². The zero-order valence-electron chi connectivity index (χ0n) is 21.7. The second kappa shape index (κ2) is 15.2. The maximum Gasteiger partial charge on any atom is 0.190 e. The van der Waals surface area contributed by atoms with E-state index in [1.54, 1.807) is 65.8 Å². The molecule has 0 bridgehead atoms. The smallest absolute Gasteiger partial charge is 0.190 e. The SMILES string of the molecule is CC(C)O.CC(C)O.CC1=CC(=O)c2c(O)cccc2C1=O.CC1=CC(=O)c2c(O)cccc2C1=O.[Ti]. The molecule has 0 radical (unpaired) electrons. The summed E-state index contributed by atoms with van der Waals surface area (Å²) < 4.78 is 0. The summed E-state index contributed by atoms with van der Waals surface area (Å²) in [6.07, 6.45) is 2.18. The number of hydrogen-bond donors (Lipinski definition) is 4. The Labute approximate surface area is 231 Å². The number of carbonyl (C=O) groups excluding carboxylic acids is 4. The van der Waals surface area contributed by atoms with Crippen molar-refractivity contribution in [2.45, 2.75) is 53.8 Å². The third-order valence-corrected chi connectivity index (χ3v) is 4.48. The van der Waals surface area contributed by atoms with Gasteiger partial charge in [-0.05, 0) is 65.8 Å². The van der Waals surface area contributed by atoms with E-state index in [1.165, 1.54) is 24.3 Å². The van der Waals surface area contributed by atoms with Gasteiger partial charge in [-0.1, -0.05) is 24.3 Å². The molecule has 0 aliphatic heterocycles. The molecule has 0 spiro atoms. The van der Waals surface area contributed by atoms with E-state index < -0.39 is 0 Å². The summed E-state index contributed by atoms with van der Waals surface area (Å²) in [5.41, 5.74) is 1.62. The molecule has 0 atom stereocenters. The molecule has 0 heterocycles. The van der Waals surface area contributed by atoms with Crippen molar-refractivity contribution in [1.29, 1.82) is 0 Å². The number of benzene rings is 2. The molecule has 196 valence electrons. The van der Waals surface area contributed by atoms with Crippen LogP contribution in [0, 0.1) is 0 Å². The molecule has 0 unspecified atom stereocenters. The Morgan fingerprint density at radius 2 is 0.865 bits per heavy atom. The Bertz CT molecular complexity index is 1120. The van der Waals surface area contributed by atoms with Crippen LogP contribution in [0.15, 0.2) is 59.7 Å². The van der Waals surface area contributed by atoms with Gasteiger partial charge in [0.15, 0.2) is 23.1 Å². The van der Waals surface area contributed by atoms with Gasteiger partial charge in [0, 0.05) is 56.2 Å². The third kappa shape index (κ3) is 9.66. The van der Waals surface area contributed by atoms with Gasteiger partial charge in [0.1, 0.15) is 11.5 Å². The first-order chi connectivity index (χ1) is 16.7. The molecule has 0 saturated heterocycles. The van der Waals surface area contributed by atoms with Crippen molar-refractivity contribution < 1.29 is 61.3 Å². The first kappa shape index (κ1) is 33.8. The zero-order chi connectivity index (χ0) is 27.7. The molecule has 9 heteroatoms. The number of fused-ring (bicyclic) bond motifs is 2. The van der Waals surface area contributed by atoms with Crippen molar-refractivity contribution >= 4 is 23.1 Å². The molecule has 2 aromatic carbocycles. The molecule has 0 aromatic heterocycles. The van der Waals surface area contributed by atoms with Gasteiger partial charge >= 0.3 is 0 Å². The fourth-order valence-corrected chi connectivity index (χ4v) is 3.07. The second-order valence-corrected chi connectivity index (χ2v) is 8.63. The number of aliphatic hydroxyl groups excluding tert-OH is 2. The van der Waals surface area contributed by atoms with Gasteiger partial charge in [0.2, 0.25) is 0 Å². The van der Waals surface area contributed by atoms with Crippen LogP contribution in [0.3, 0.4) is 0 Å². The van der Waals surface area contributed by atoms with Gasteiger partial charge in [-0.3, -0.25) is 19.2 Å². The predicted molar refractivity (Wildman–Crippen MR) is 136 cm³/mol. The number of Topliss-reactive ketones (excluding diaryl/α,β-unsaturated/α-hetero) is 2. The average Bonchev–Trinajstić information content (AvgIpc) is 2.75. The predicted octanol–water partition coefficient (Wildman–Crippen LogP) is 4.21. The number of aromatic hydroxyl groups is 2. The minimum atomic E-state index is -0.310. The van der Waals surface area contributed by atoms with E-state index in [-0.39, 0.29) is 90.8 Å². The Kier molecular flexibility index (Phi) is 13.9. The van der Waals surface area contributed by atoms with Crippen LogP contribution in [0.5, 0.6) is 11.5 Å². The summed E-state index contributed by atoms with van der Waals surface area (Å²) in [4.78, 5) is 46.1. The van der Waals surface area contributed by atoms with Gasteiger partial charge in [-0.2, -0.15) is 0 Å². The van der Waals surface area contributed by atoms with E-state index in [4.69, 9.17) is 10.2 Å². The number of rotatable bonds is 0. The fraction of sp³-hybridized carbons (Fsp3) is 0.286. The van der Waals surface area contributed by atoms with E-state index in [9.17, 15) is 29.4 Å². The first-order valence-corrected chi connectivity index (χ1v) is 11.2. The molecular formula is C28H32O8Ti. The van der Waals surface area contributed by atoms with Gasteiger partial charge < -0.3 is 20.4 Å². The van der Waals surface area contributed by atoms with E-state index in [2.05, 4.69) is 0 Å². The van der Waals surface area contributed by atoms with Crippen molar-refractivity contribution in [2.75, 3.05) is 0 Å². The van der Waals surface area contributed by atoms with Crippen LogP contribution < -0.4 is 0 Å². The average molecular weight is 544 g/mol. The number of hydrogen-bond acceptors (Lipinski definition) is 8. The first-order valence-electron chi connectivity index (χ1n) is 11.2. The summed E-state index contributed by atoms with van der Waals surface area (Å²) in [5, 5.41) is 35.0. The van der Waals surface area contributed by atoms with Gasteiger partial charge in [-0.25, -0.2) is 0 Å². The minimum absolute atomic E-state index is 0. The molecule has 2 aliphatic rings. The summed E-state index contributed by atoms with van der Waals surface area (Å²) in [5.74, 6) is -1.29. The van der Waals surface area contributed by atoms with Crippen LogP contribution in [0.1, 0.15) is 83.0 Å². The maximum atomic E-state index is 11.6. The molecule has 37 heavy (non-hydrogen) atoms. The molecular weight excluding hydrogens is 512 g/mol. The standard InChI is InChI=1S/2C11H8O3.2C3H8O.Ti/c2*1-6-5-9(13)10-7(11(6)14)3-2-4-8(10)12;2*1-3(2)4;/h2*2-5,12H,1H3;2*3-4H,1-2H3;. The summed E-state index contributed by atoms with van der Waals surface area (Å²) >= 11 is 0. The number of allylic oxidation sites excluding steroid dienone is 4.